The van der Waals surface area contributed by atoms with Gasteiger partial charge in [-0.2, -0.15) is 0 Å². The maximum Gasteiger partial charge on any atom is 0.258 e. The number of aromatic nitrogens is 2. The van der Waals surface area contributed by atoms with Gasteiger partial charge < -0.3 is 14.8 Å². The van der Waals surface area contributed by atoms with Crippen LogP contribution in [0.2, 0.25) is 0 Å². The van der Waals surface area contributed by atoms with Crippen LogP contribution in [0.25, 0.3) is 0 Å². The van der Waals surface area contributed by atoms with Gasteiger partial charge in [-0.25, -0.2) is 4.98 Å². The Balaban J connectivity index is 1.36. The fraction of sp³-hybridized carbons (Fsp3) is 0.476. The lowest BCUT2D eigenvalue weighted by Crippen LogP contribution is -2.41. The summed E-state index contributed by atoms with van der Waals surface area (Å²) in [6, 6.07) is 8.08. The van der Waals surface area contributed by atoms with E-state index in [1.165, 1.54) is 5.56 Å². The van der Waals surface area contributed by atoms with Crippen LogP contribution in [0.3, 0.4) is 0 Å². The fourth-order valence-electron chi connectivity index (χ4n) is 3.21. The fourth-order valence-corrected chi connectivity index (χ4v) is 3.21. The topological polar surface area (TPSA) is 73.3 Å². The van der Waals surface area contributed by atoms with E-state index in [2.05, 4.69) is 29.1 Å². The third-order valence-electron chi connectivity index (χ3n) is 4.78. The molecule has 0 aliphatic heterocycles. The molecule has 27 heavy (non-hydrogen) atoms. The molecule has 1 N–H and O–H groups in total. The van der Waals surface area contributed by atoms with E-state index in [9.17, 15) is 4.79 Å². The first-order valence-corrected chi connectivity index (χ1v) is 9.55. The van der Waals surface area contributed by atoms with Crippen molar-refractivity contribution in [3.63, 3.8) is 0 Å². The van der Waals surface area contributed by atoms with Gasteiger partial charge in [-0.15, -0.1) is 0 Å². The Bertz CT molecular complexity index is 711. The number of rotatable bonds is 7. The minimum atomic E-state index is -0.0822. The van der Waals surface area contributed by atoms with Gasteiger partial charge in [0.2, 0.25) is 5.88 Å². The van der Waals surface area contributed by atoms with Gasteiger partial charge in [-0.1, -0.05) is 26.0 Å². The first kappa shape index (κ1) is 19.1. The molecule has 0 atom stereocenters. The van der Waals surface area contributed by atoms with Crippen LogP contribution in [0, 0.1) is 0 Å². The lowest BCUT2D eigenvalue weighted by molar-refractivity contribution is -0.124. The zero-order chi connectivity index (χ0) is 19.1. The summed E-state index contributed by atoms with van der Waals surface area (Å²) < 4.78 is 11.4. The van der Waals surface area contributed by atoms with Crippen LogP contribution in [-0.4, -0.2) is 34.6 Å². The highest BCUT2D eigenvalue weighted by molar-refractivity contribution is 5.77. The molecule has 0 saturated heterocycles. The number of benzene rings is 1. The number of hydrogen-bond acceptors (Lipinski definition) is 5. The SMILES string of the molecule is CC(C)c1ccc(OCC(=O)NC2CCC(Oc3cnccn3)CC2)cc1. The van der Waals surface area contributed by atoms with E-state index < -0.39 is 0 Å². The van der Waals surface area contributed by atoms with E-state index in [0.29, 0.717) is 11.8 Å². The first-order chi connectivity index (χ1) is 13.1. The summed E-state index contributed by atoms with van der Waals surface area (Å²) in [5, 5.41) is 3.06. The summed E-state index contributed by atoms with van der Waals surface area (Å²) in [6.45, 7) is 4.34. The molecule has 0 unspecified atom stereocenters. The van der Waals surface area contributed by atoms with E-state index in [4.69, 9.17) is 9.47 Å². The van der Waals surface area contributed by atoms with Crippen LogP contribution in [-0.2, 0) is 4.79 Å². The van der Waals surface area contributed by atoms with Gasteiger partial charge in [0.15, 0.2) is 6.61 Å². The molecule has 1 aromatic heterocycles. The molecule has 0 bridgehead atoms. The molecule has 0 radical (unpaired) electrons. The van der Waals surface area contributed by atoms with Crippen LogP contribution in [0.5, 0.6) is 11.6 Å². The molecule has 1 aromatic carbocycles. The molecule has 1 amide bonds. The number of ether oxygens (including phenoxy) is 2. The largest absolute Gasteiger partial charge is 0.484 e. The maximum absolute atomic E-state index is 12.1. The predicted octanol–water partition coefficient (Wildman–Crippen LogP) is 3.49. The molecule has 1 aliphatic rings. The summed E-state index contributed by atoms with van der Waals surface area (Å²) >= 11 is 0. The number of amides is 1. The molecule has 1 fully saturated rings. The summed E-state index contributed by atoms with van der Waals surface area (Å²) in [4.78, 5) is 20.3. The monoisotopic (exact) mass is 369 g/mol. The van der Waals surface area contributed by atoms with Crippen LogP contribution < -0.4 is 14.8 Å². The lowest BCUT2D eigenvalue weighted by atomic mass is 9.93. The van der Waals surface area contributed by atoms with Crippen LogP contribution in [0.4, 0.5) is 0 Å². The number of nitrogens with zero attached hydrogens (tertiary/aromatic N) is 2. The quantitative estimate of drug-likeness (QED) is 0.809. The van der Waals surface area contributed by atoms with Crippen molar-refractivity contribution in [3.8, 4) is 11.6 Å². The van der Waals surface area contributed by atoms with Gasteiger partial charge in [0.1, 0.15) is 11.9 Å². The van der Waals surface area contributed by atoms with Crippen molar-refractivity contribution < 1.29 is 14.3 Å². The second-order valence-electron chi connectivity index (χ2n) is 7.22. The van der Waals surface area contributed by atoms with Crippen molar-refractivity contribution in [2.24, 2.45) is 0 Å². The van der Waals surface area contributed by atoms with Gasteiger partial charge in [0, 0.05) is 18.4 Å². The standard InChI is InChI=1S/C21H27N3O3/c1-15(2)16-3-7-18(8-4-16)26-14-20(25)24-17-5-9-19(10-6-17)27-21-13-22-11-12-23-21/h3-4,7-8,11-13,15,17,19H,5-6,9-10,14H2,1-2H3,(H,24,25). The molecule has 1 aliphatic carbocycles. The zero-order valence-electron chi connectivity index (χ0n) is 15.9. The maximum atomic E-state index is 12.1. The Hall–Kier alpha value is -2.63. The normalized spacial score (nSPS) is 19.5. The Labute approximate surface area is 160 Å². The van der Waals surface area contributed by atoms with Crippen LogP contribution in [0.15, 0.2) is 42.9 Å². The minimum Gasteiger partial charge on any atom is -0.484 e. The molecular weight excluding hydrogens is 342 g/mol. The second-order valence-corrected chi connectivity index (χ2v) is 7.22. The molecular formula is C21H27N3O3. The molecule has 6 nitrogen and oxygen atoms in total. The Morgan fingerprint density at radius 3 is 2.52 bits per heavy atom. The average Bonchev–Trinajstić information content (AvgIpc) is 2.69. The number of nitrogens with one attached hydrogen (secondary N) is 1. The molecule has 1 saturated carbocycles. The Morgan fingerprint density at radius 2 is 1.89 bits per heavy atom. The summed E-state index contributed by atoms with van der Waals surface area (Å²) in [5.41, 5.74) is 1.26. The van der Waals surface area contributed by atoms with Crippen LogP contribution >= 0.6 is 0 Å². The van der Waals surface area contributed by atoms with Crippen molar-refractivity contribution in [1.82, 2.24) is 15.3 Å². The molecule has 3 rings (SSSR count). The molecule has 0 spiro atoms. The van der Waals surface area contributed by atoms with Crippen molar-refractivity contribution in [2.75, 3.05) is 6.61 Å². The highest BCUT2D eigenvalue weighted by Crippen LogP contribution is 2.22. The Kier molecular flexibility index (Phi) is 6.63. The van der Waals surface area contributed by atoms with Gasteiger partial charge in [0.25, 0.3) is 5.91 Å². The third kappa shape index (κ3) is 5.94. The average molecular weight is 369 g/mol. The first-order valence-electron chi connectivity index (χ1n) is 9.55. The summed E-state index contributed by atoms with van der Waals surface area (Å²) in [7, 11) is 0. The highest BCUT2D eigenvalue weighted by atomic mass is 16.5. The van der Waals surface area contributed by atoms with Gasteiger partial charge in [0.05, 0.1) is 6.20 Å². The Morgan fingerprint density at radius 1 is 1.15 bits per heavy atom. The van der Waals surface area contributed by atoms with E-state index in [1.807, 2.05) is 24.3 Å². The van der Waals surface area contributed by atoms with E-state index in [1.54, 1.807) is 18.6 Å². The van der Waals surface area contributed by atoms with E-state index >= 15 is 0 Å². The molecule has 1 heterocycles. The third-order valence-corrected chi connectivity index (χ3v) is 4.78. The second kappa shape index (κ2) is 9.35. The van der Waals surface area contributed by atoms with Gasteiger partial charge >= 0.3 is 0 Å². The van der Waals surface area contributed by atoms with Crippen molar-refractivity contribution in [3.05, 3.63) is 48.4 Å². The van der Waals surface area contributed by atoms with Crippen molar-refractivity contribution in [2.45, 2.75) is 57.6 Å². The predicted molar refractivity (Wildman–Crippen MR) is 103 cm³/mol. The zero-order valence-corrected chi connectivity index (χ0v) is 15.9. The highest BCUT2D eigenvalue weighted by Gasteiger charge is 2.24. The molecule has 2 aromatic rings. The van der Waals surface area contributed by atoms with Crippen LogP contribution in [0.1, 0.15) is 51.0 Å². The van der Waals surface area contributed by atoms with Gasteiger partial charge in [-0.05, 0) is 49.3 Å². The minimum absolute atomic E-state index is 0.0387. The van der Waals surface area contributed by atoms with E-state index in [0.717, 1.165) is 31.4 Å². The number of carbonyl (C=O) groups is 1. The van der Waals surface area contributed by atoms with Gasteiger partial charge in [-0.3, -0.25) is 9.78 Å². The summed E-state index contributed by atoms with van der Waals surface area (Å²) in [6.07, 6.45) is 8.55. The lowest BCUT2D eigenvalue weighted by Gasteiger charge is -2.29. The smallest absolute Gasteiger partial charge is 0.258 e. The van der Waals surface area contributed by atoms with Crippen molar-refractivity contribution in [1.29, 1.82) is 0 Å². The van der Waals surface area contributed by atoms with E-state index in [-0.39, 0.29) is 24.7 Å². The number of carbonyl (C=O) groups excluding carboxylic acids is 1. The van der Waals surface area contributed by atoms with Crippen molar-refractivity contribution >= 4 is 5.91 Å². The molecule has 6 heteroatoms. The molecule has 144 valence electrons. The summed E-state index contributed by atoms with van der Waals surface area (Å²) in [5.74, 6) is 1.68. The number of hydrogen-bond donors (Lipinski definition) is 1.